The first-order valence-corrected chi connectivity index (χ1v) is 12.1. The van der Waals surface area contributed by atoms with E-state index in [9.17, 15) is 26.9 Å². The molecule has 1 N–H and O–H groups in total. The summed E-state index contributed by atoms with van der Waals surface area (Å²) < 4.78 is 54.0. The zero-order valence-corrected chi connectivity index (χ0v) is 17.4. The van der Waals surface area contributed by atoms with Gasteiger partial charge in [0.05, 0.1) is 21.3 Å². The van der Waals surface area contributed by atoms with Crippen molar-refractivity contribution in [1.82, 2.24) is 0 Å². The number of benzene rings is 2. The molecular formula is C18H21N3O6S2. The molecule has 2 aromatic rings. The Bertz CT molecular complexity index is 1150. The van der Waals surface area contributed by atoms with E-state index >= 15 is 0 Å². The molecule has 0 spiro atoms. The highest BCUT2D eigenvalue weighted by Gasteiger charge is 2.27. The molecule has 29 heavy (non-hydrogen) atoms. The van der Waals surface area contributed by atoms with Gasteiger partial charge in [-0.25, -0.2) is 16.8 Å². The zero-order valence-electron chi connectivity index (χ0n) is 15.7. The van der Waals surface area contributed by atoms with Crippen LogP contribution in [0.1, 0.15) is 25.3 Å². The number of anilines is 2. The van der Waals surface area contributed by atoms with Gasteiger partial charge >= 0.3 is 0 Å². The Kier molecular flexibility index (Phi) is 5.80. The lowest BCUT2D eigenvalue weighted by atomic mass is 10.0. The highest BCUT2D eigenvalue weighted by Crippen LogP contribution is 2.32. The summed E-state index contributed by atoms with van der Waals surface area (Å²) in [5.41, 5.74) is 1.23. The van der Waals surface area contributed by atoms with Crippen molar-refractivity contribution < 1.29 is 21.8 Å². The molecule has 0 aliphatic carbocycles. The molecule has 156 valence electrons. The van der Waals surface area contributed by atoms with Crippen molar-refractivity contribution in [2.75, 3.05) is 21.3 Å². The highest BCUT2D eigenvalue weighted by molar-refractivity contribution is 7.93. The second-order valence-electron chi connectivity index (χ2n) is 6.70. The predicted molar refractivity (Wildman–Crippen MR) is 110 cm³/mol. The summed E-state index contributed by atoms with van der Waals surface area (Å²) in [6, 6.07) is 9.46. The topological polar surface area (TPSA) is 127 Å². The van der Waals surface area contributed by atoms with E-state index in [-0.39, 0.29) is 22.0 Å². The first-order valence-electron chi connectivity index (χ1n) is 9.04. The first kappa shape index (κ1) is 21.1. The largest absolute Gasteiger partial charge is 0.280 e. The fourth-order valence-corrected chi connectivity index (χ4v) is 5.97. The SMILES string of the molecule is CCCS(=O)(=O)N1CCCc2cc(NS(=O)(=O)c3cccc([N+](=O)[O-])c3)ccc21. The molecule has 1 heterocycles. The standard InChI is InChI=1S/C18H21N3O6S2/c1-2-11-28(24,25)20-10-4-5-14-12-15(8-9-18(14)20)19-29(26,27)17-7-3-6-16(13-17)21(22)23/h3,6-9,12-13,19H,2,4-5,10-11H2,1H3. The van der Waals surface area contributed by atoms with Crippen LogP contribution in [0.3, 0.4) is 0 Å². The smallest absolute Gasteiger partial charge is 0.270 e. The van der Waals surface area contributed by atoms with Crippen molar-refractivity contribution >= 4 is 37.1 Å². The van der Waals surface area contributed by atoms with E-state index in [2.05, 4.69) is 4.72 Å². The van der Waals surface area contributed by atoms with Gasteiger partial charge in [-0.15, -0.1) is 0 Å². The van der Waals surface area contributed by atoms with Gasteiger partial charge in [0.15, 0.2) is 0 Å². The van der Waals surface area contributed by atoms with Crippen molar-refractivity contribution in [2.45, 2.75) is 31.1 Å². The summed E-state index contributed by atoms with van der Waals surface area (Å²) in [7, 11) is -7.45. The Balaban J connectivity index is 1.90. The van der Waals surface area contributed by atoms with Crippen LogP contribution < -0.4 is 9.03 Å². The predicted octanol–water partition coefficient (Wildman–Crippen LogP) is 2.89. The van der Waals surface area contributed by atoms with Crippen LogP contribution in [0.25, 0.3) is 0 Å². The van der Waals surface area contributed by atoms with Gasteiger partial charge in [-0.1, -0.05) is 13.0 Å². The summed E-state index contributed by atoms with van der Waals surface area (Å²) in [6.45, 7) is 2.20. The molecule has 0 bridgehead atoms. The fourth-order valence-electron chi connectivity index (χ4n) is 3.26. The number of rotatable bonds is 7. The molecule has 9 nitrogen and oxygen atoms in total. The van der Waals surface area contributed by atoms with Gasteiger partial charge in [0, 0.05) is 24.4 Å². The van der Waals surface area contributed by atoms with Crippen LogP contribution in [-0.2, 0) is 26.5 Å². The number of sulfonamides is 2. The molecule has 0 fully saturated rings. The van der Waals surface area contributed by atoms with Gasteiger partial charge in [-0.05, 0) is 49.1 Å². The van der Waals surface area contributed by atoms with Crippen LogP contribution in [0.15, 0.2) is 47.4 Å². The molecule has 0 aromatic heterocycles. The number of nitro groups is 1. The van der Waals surface area contributed by atoms with E-state index in [0.29, 0.717) is 31.5 Å². The molecular weight excluding hydrogens is 418 g/mol. The third kappa shape index (κ3) is 4.51. The van der Waals surface area contributed by atoms with Gasteiger partial charge in [-0.3, -0.25) is 19.1 Å². The fraction of sp³-hybridized carbons (Fsp3) is 0.333. The quantitative estimate of drug-likeness (QED) is 0.522. The number of hydrogen-bond acceptors (Lipinski definition) is 6. The molecule has 0 saturated heterocycles. The number of hydrogen-bond donors (Lipinski definition) is 1. The third-order valence-corrected chi connectivity index (χ3v) is 7.90. The van der Waals surface area contributed by atoms with Gasteiger partial charge < -0.3 is 0 Å². The van der Waals surface area contributed by atoms with Crippen LogP contribution in [-0.4, -0.2) is 34.1 Å². The van der Waals surface area contributed by atoms with Crippen molar-refractivity contribution in [2.24, 2.45) is 0 Å². The Morgan fingerprint density at radius 3 is 2.59 bits per heavy atom. The number of nitrogens with zero attached hydrogens (tertiary/aromatic N) is 2. The van der Waals surface area contributed by atoms with Crippen LogP contribution >= 0.6 is 0 Å². The Morgan fingerprint density at radius 1 is 1.14 bits per heavy atom. The van der Waals surface area contributed by atoms with Gasteiger partial charge in [0.25, 0.3) is 15.7 Å². The molecule has 11 heteroatoms. The maximum Gasteiger partial charge on any atom is 0.270 e. The maximum absolute atomic E-state index is 12.6. The molecule has 0 radical (unpaired) electrons. The lowest BCUT2D eigenvalue weighted by Crippen LogP contribution is -2.37. The number of nitrogens with one attached hydrogen (secondary N) is 1. The van der Waals surface area contributed by atoms with Crippen LogP contribution in [0.2, 0.25) is 0 Å². The van der Waals surface area contributed by atoms with E-state index in [1.165, 1.54) is 28.6 Å². The van der Waals surface area contributed by atoms with Crippen LogP contribution in [0.5, 0.6) is 0 Å². The lowest BCUT2D eigenvalue weighted by Gasteiger charge is -2.30. The average molecular weight is 440 g/mol. The van der Waals surface area contributed by atoms with Crippen molar-refractivity contribution in [3.8, 4) is 0 Å². The molecule has 0 saturated carbocycles. The van der Waals surface area contributed by atoms with Gasteiger partial charge in [-0.2, -0.15) is 0 Å². The second kappa shape index (κ2) is 7.99. The molecule has 0 atom stereocenters. The van der Waals surface area contributed by atoms with Gasteiger partial charge in [0.1, 0.15) is 0 Å². The minimum atomic E-state index is -4.03. The maximum atomic E-state index is 12.6. The number of aryl methyl sites for hydroxylation is 1. The number of non-ortho nitro benzene ring substituents is 1. The van der Waals surface area contributed by atoms with E-state index in [0.717, 1.165) is 11.6 Å². The molecule has 1 aliphatic heterocycles. The monoisotopic (exact) mass is 439 g/mol. The highest BCUT2D eigenvalue weighted by atomic mass is 32.2. The van der Waals surface area contributed by atoms with Gasteiger partial charge in [0.2, 0.25) is 10.0 Å². The Labute approximate surface area is 169 Å². The first-order chi connectivity index (χ1) is 13.6. The lowest BCUT2D eigenvalue weighted by molar-refractivity contribution is -0.385. The summed E-state index contributed by atoms with van der Waals surface area (Å²) in [4.78, 5) is 10.0. The molecule has 3 rings (SSSR count). The molecule has 0 unspecified atom stereocenters. The Morgan fingerprint density at radius 2 is 1.90 bits per heavy atom. The summed E-state index contributed by atoms with van der Waals surface area (Å²) in [6.07, 6.45) is 1.77. The molecule has 1 aliphatic rings. The molecule has 0 amide bonds. The third-order valence-electron chi connectivity index (χ3n) is 4.54. The Hall–Kier alpha value is -2.66. The van der Waals surface area contributed by atoms with E-state index in [1.54, 1.807) is 19.1 Å². The minimum absolute atomic E-state index is 0.0492. The zero-order chi connectivity index (χ0) is 21.2. The second-order valence-corrected chi connectivity index (χ2v) is 10.4. The van der Waals surface area contributed by atoms with Crippen LogP contribution in [0.4, 0.5) is 17.1 Å². The summed E-state index contributed by atoms with van der Waals surface area (Å²) >= 11 is 0. The normalized spacial score (nSPS) is 14.3. The van der Waals surface area contributed by atoms with Crippen molar-refractivity contribution in [1.29, 1.82) is 0 Å². The number of fused-ring (bicyclic) bond motifs is 1. The van der Waals surface area contributed by atoms with Crippen molar-refractivity contribution in [3.05, 3.63) is 58.1 Å². The average Bonchev–Trinajstić information content (AvgIpc) is 2.67. The van der Waals surface area contributed by atoms with Crippen LogP contribution in [0, 0.1) is 10.1 Å². The van der Waals surface area contributed by atoms with E-state index in [4.69, 9.17) is 0 Å². The number of nitro benzene ring substituents is 1. The minimum Gasteiger partial charge on any atom is -0.280 e. The van der Waals surface area contributed by atoms with E-state index < -0.39 is 25.0 Å². The van der Waals surface area contributed by atoms with E-state index in [1.807, 2.05) is 0 Å². The molecule has 2 aromatic carbocycles. The summed E-state index contributed by atoms with van der Waals surface area (Å²) in [5, 5.41) is 10.9. The van der Waals surface area contributed by atoms with Crippen molar-refractivity contribution in [3.63, 3.8) is 0 Å². The summed E-state index contributed by atoms with van der Waals surface area (Å²) in [5.74, 6) is 0.0492.